The molecule has 2 nitrogen and oxygen atoms in total. The van der Waals surface area contributed by atoms with Gasteiger partial charge in [-0.2, -0.15) is 5.26 Å². The third-order valence-electron chi connectivity index (χ3n) is 1.82. The molecule has 70 valence electrons. The van der Waals surface area contributed by atoms with E-state index in [0.717, 1.165) is 13.0 Å². The second-order valence-electron chi connectivity index (χ2n) is 3.05. The predicted molar refractivity (Wildman–Crippen MR) is 55.7 cm³/mol. The van der Waals surface area contributed by atoms with Crippen molar-refractivity contribution in [1.29, 1.82) is 5.26 Å². The van der Waals surface area contributed by atoms with Gasteiger partial charge in [0, 0.05) is 23.9 Å². The van der Waals surface area contributed by atoms with Crippen molar-refractivity contribution in [2.45, 2.75) is 25.8 Å². The first-order valence-corrected chi connectivity index (χ1v) is 5.33. The number of nitriles is 1. The molecular formula is C10H14N2S. The van der Waals surface area contributed by atoms with Crippen LogP contribution in [0.5, 0.6) is 0 Å². The van der Waals surface area contributed by atoms with Crippen LogP contribution in [-0.2, 0) is 6.42 Å². The molecule has 0 aliphatic carbocycles. The Balaban J connectivity index is 2.19. The lowest BCUT2D eigenvalue weighted by Gasteiger charge is -2.10. The summed E-state index contributed by atoms with van der Waals surface area (Å²) in [5, 5.41) is 13.7. The average Bonchev–Trinajstić information content (AvgIpc) is 2.57. The van der Waals surface area contributed by atoms with Crippen molar-refractivity contribution < 1.29 is 0 Å². The molecule has 1 atom stereocenters. The first kappa shape index (κ1) is 10.2. The summed E-state index contributed by atoms with van der Waals surface area (Å²) in [5.41, 5.74) is 0. The molecule has 1 aromatic rings. The van der Waals surface area contributed by atoms with E-state index in [1.807, 2.05) is 0 Å². The summed E-state index contributed by atoms with van der Waals surface area (Å²) >= 11 is 1.79. The molecule has 0 amide bonds. The monoisotopic (exact) mass is 194 g/mol. The maximum absolute atomic E-state index is 8.35. The molecule has 0 aliphatic rings. The molecule has 0 spiro atoms. The van der Waals surface area contributed by atoms with E-state index in [2.05, 4.69) is 35.8 Å². The predicted octanol–water partition coefficient (Wildman–Crippen LogP) is 2.18. The normalized spacial score (nSPS) is 12.3. The van der Waals surface area contributed by atoms with E-state index in [1.54, 1.807) is 11.3 Å². The Kier molecular flexibility index (Phi) is 4.52. The van der Waals surface area contributed by atoms with Gasteiger partial charge in [0.15, 0.2) is 0 Å². The van der Waals surface area contributed by atoms with Crippen molar-refractivity contribution in [2.24, 2.45) is 0 Å². The summed E-state index contributed by atoms with van der Waals surface area (Å²) in [7, 11) is 0. The van der Waals surface area contributed by atoms with Gasteiger partial charge in [-0.25, -0.2) is 0 Å². The molecule has 1 N–H and O–H groups in total. The lowest BCUT2D eigenvalue weighted by molar-refractivity contribution is 0.556. The molecule has 1 aromatic heterocycles. The Hall–Kier alpha value is -0.850. The van der Waals surface area contributed by atoms with Gasteiger partial charge in [0.1, 0.15) is 0 Å². The zero-order valence-electron chi connectivity index (χ0n) is 7.79. The summed E-state index contributed by atoms with van der Waals surface area (Å²) in [6.45, 7) is 2.94. The van der Waals surface area contributed by atoms with Gasteiger partial charge in [0.05, 0.1) is 6.07 Å². The Labute approximate surface area is 83.2 Å². The van der Waals surface area contributed by atoms with Gasteiger partial charge >= 0.3 is 0 Å². The summed E-state index contributed by atoms with van der Waals surface area (Å²) in [6.07, 6.45) is 1.65. The van der Waals surface area contributed by atoms with Gasteiger partial charge in [-0.3, -0.25) is 0 Å². The van der Waals surface area contributed by atoms with Crippen molar-refractivity contribution in [3.63, 3.8) is 0 Å². The maximum atomic E-state index is 8.35. The van der Waals surface area contributed by atoms with Crippen LogP contribution in [0.25, 0.3) is 0 Å². The molecule has 1 rings (SSSR count). The SMILES string of the molecule is CC(Cc1cccs1)NCCC#N. The third kappa shape index (κ3) is 4.07. The van der Waals surface area contributed by atoms with Crippen LogP contribution in [0.3, 0.4) is 0 Å². The van der Waals surface area contributed by atoms with Gasteiger partial charge in [-0.1, -0.05) is 6.07 Å². The summed E-state index contributed by atoms with van der Waals surface area (Å²) in [5.74, 6) is 0. The van der Waals surface area contributed by atoms with Crippen LogP contribution in [0.1, 0.15) is 18.2 Å². The van der Waals surface area contributed by atoms with Crippen LogP contribution >= 0.6 is 11.3 Å². The number of nitrogens with zero attached hydrogens (tertiary/aromatic N) is 1. The summed E-state index contributed by atoms with van der Waals surface area (Å²) in [6, 6.07) is 6.80. The maximum Gasteiger partial charge on any atom is 0.0635 e. The van der Waals surface area contributed by atoms with Gasteiger partial charge < -0.3 is 5.32 Å². The lowest BCUT2D eigenvalue weighted by Crippen LogP contribution is -2.28. The number of thiophene rings is 1. The van der Waals surface area contributed by atoms with Crippen LogP contribution < -0.4 is 5.32 Å². The van der Waals surface area contributed by atoms with Gasteiger partial charge in [0.2, 0.25) is 0 Å². The molecule has 0 saturated carbocycles. The van der Waals surface area contributed by atoms with E-state index in [0.29, 0.717) is 12.5 Å². The van der Waals surface area contributed by atoms with Crippen LogP contribution in [0.15, 0.2) is 17.5 Å². The molecule has 0 fully saturated rings. The average molecular weight is 194 g/mol. The molecule has 0 bridgehead atoms. The molecule has 1 unspecified atom stereocenters. The minimum atomic E-state index is 0.465. The van der Waals surface area contributed by atoms with E-state index >= 15 is 0 Å². The number of nitrogens with one attached hydrogen (secondary N) is 1. The number of hydrogen-bond donors (Lipinski definition) is 1. The van der Waals surface area contributed by atoms with Crippen LogP contribution in [-0.4, -0.2) is 12.6 Å². The highest BCUT2D eigenvalue weighted by molar-refractivity contribution is 7.09. The highest BCUT2D eigenvalue weighted by Gasteiger charge is 2.02. The van der Waals surface area contributed by atoms with E-state index in [4.69, 9.17) is 5.26 Å². The van der Waals surface area contributed by atoms with Crippen molar-refractivity contribution in [2.75, 3.05) is 6.54 Å². The fourth-order valence-electron chi connectivity index (χ4n) is 1.18. The smallest absolute Gasteiger partial charge is 0.0635 e. The highest BCUT2D eigenvalue weighted by atomic mass is 32.1. The quantitative estimate of drug-likeness (QED) is 0.729. The van der Waals surface area contributed by atoms with Crippen LogP contribution in [0.4, 0.5) is 0 Å². The highest BCUT2D eigenvalue weighted by Crippen LogP contribution is 2.10. The first-order chi connectivity index (χ1) is 6.33. The zero-order valence-corrected chi connectivity index (χ0v) is 8.60. The summed E-state index contributed by atoms with van der Waals surface area (Å²) < 4.78 is 0. The van der Waals surface area contributed by atoms with E-state index in [1.165, 1.54) is 4.88 Å². The molecule has 0 aromatic carbocycles. The Morgan fingerprint density at radius 2 is 2.54 bits per heavy atom. The van der Waals surface area contributed by atoms with Gasteiger partial charge in [0.25, 0.3) is 0 Å². The first-order valence-electron chi connectivity index (χ1n) is 4.45. The second-order valence-corrected chi connectivity index (χ2v) is 4.08. The van der Waals surface area contributed by atoms with E-state index in [-0.39, 0.29) is 0 Å². The van der Waals surface area contributed by atoms with Crippen molar-refractivity contribution in [3.05, 3.63) is 22.4 Å². The lowest BCUT2D eigenvalue weighted by atomic mass is 10.2. The standard InChI is InChI=1S/C10H14N2S/c1-9(12-6-3-5-11)8-10-4-2-7-13-10/h2,4,7,9,12H,3,6,8H2,1H3. The topological polar surface area (TPSA) is 35.8 Å². The molecular weight excluding hydrogens is 180 g/mol. The van der Waals surface area contributed by atoms with Crippen molar-refractivity contribution >= 4 is 11.3 Å². The minimum absolute atomic E-state index is 0.465. The third-order valence-corrected chi connectivity index (χ3v) is 2.72. The zero-order chi connectivity index (χ0) is 9.52. The molecule has 13 heavy (non-hydrogen) atoms. The van der Waals surface area contributed by atoms with Crippen LogP contribution in [0.2, 0.25) is 0 Å². The Bertz CT molecular complexity index is 261. The number of rotatable bonds is 5. The van der Waals surface area contributed by atoms with Gasteiger partial charge in [-0.15, -0.1) is 11.3 Å². The molecule has 0 aliphatic heterocycles. The number of hydrogen-bond acceptors (Lipinski definition) is 3. The summed E-state index contributed by atoms with van der Waals surface area (Å²) in [4.78, 5) is 1.40. The van der Waals surface area contributed by atoms with Crippen molar-refractivity contribution in [1.82, 2.24) is 5.32 Å². The Morgan fingerprint density at radius 1 is 1.69 bits per heavy atom. The minimum Gasteiger partial charge on any atom is -0.313 e. The molecule has 0 radical (unpaired) electrons. The van der Waals surface area contributed by atoms with E-state index < -0.39 is 0 Å². The fourth-order valence-corrected chi connectivity index (χ4v) is 2.01. The van der Waals surface area contributed by atoms with Crippen LogP contribution in [0, 0.1) is 11.3 Å². The fraction of sp³-hybridized carbons (Fsp3) is 0.500. The second kappa shape index (κ2) is 5.74. The molecule has 1 heterocycles. The largest absolute Gasteiger partial charge is 0.313 e. The van der Waals surface area contributed by atoms with Crippen molar-refractivity contribution in [3.8, 4) is 6.07 Å². The molecule has 3 heteroatoms. The Morgan fingerprint density at radius 3 is 3.15 bits per heavy atom. The van der Waals surface area contributed by atoms with E-state index in [9.17, 15) is 0 Å². The molecule has 0 saturated heterocycles. The van der Waals surface area contributed by atoms with Gasteiger partial charge in [-0.05, 0) is 24.8 Å².